The van der Waals surface area contributed by atoms with Crippen molar-refractivity contribution < 1.29 is 19.1 Å². The number of carbonyl (C=O) groups is 1. The van der Waals surface area contributed by atoms with Crippen LogP contribution in [0.1, 0.15) is 36.8 Å². The van der Waals surface area contributed by atoms with Crippen LogP contribution >= 0.6 is 0 Å². The number of aliphatic hydroxyl groups excluding tert-OH is 1. The van der Waals surface area contributed by atoms with E-state index in [0.29, 0.717) is 0 Å². The predicted molar refractivity (Wildman–Crippen MR) is 80.4 cm³/mol. The molecule has 1 saturated carbocycles. The Morgan fingerprint density at radius 1 is 1.48 bits per heavy atom. The number of hydrogen-bond acceptors (Lipinski definition) is 4. The third-order valence-corrected chi connectivity index (χ3v) is 4.03. The SMILES string of the molecule is N#Cc1ccc(CNC(=O)NOC(CO)C2CCCC2)c(F)c1. The minimum Gasteiger partial charge on any atom is -0.394 e. The number of benzene rings is 1. The standard InChI is InChI=1S/C16H20FN3O3/c17-14-7-11(8-18)5-6-13(14)9-19-16(22)20-23-15(10-21)12-3-1-2-4-12/h5-7,12,15,21H,1-4,9-10H2,(H2,19,20,22). The predicted octanol–water partition coefficient (Wildman–Crippen LogP) is 1.98. The molecule has 3 N–H and O–H groups in total. The molecule has 0 aromatic heterocycles. The summed E-state index contributed by atoms with van der Waals surface area (Å²) in [4.78, 5) is 16.9. The molecular weight excluding hydrogens is 301 g/mol. The van der Waals surface area contributed by atoms with Crippen LogP contribution in [0.3, 0.4) is 0 Å². The van der Waals surface area contributed by atoms with Crippen LogP contribution in [0.15, 0.2) is 18.2 Å². The molecule has 0 radical (unpaired) electrons. The number of amides is 2. The second-order valence-electron chi connectivity index (χ2n) is 5.59. The van der Waals surface area contributed by atoms with Gasteiger partial charge in [0.2, 0.25) is 0 Å². The molecule has 1 aromatic rings. The minimum atomic E-state index is -0.606. The summed E-state index contributed by atoms with van der Waals surface area (Å²) in [5.41, 5.74) is 2.73. The van der Waals surface area contributed by atoms with Crippen molar-refractivity contribution >= 4 is 6.03 Å². The van der Waals surface area contributed by atoms with Crippen LogP contribution in [0, 0.1) is 23.1 Å². The summed E-state index contributed by atoms with van der Waals surface area (Å²) < 4.78 is 13.7. The van der Waals surface area contributed by atoms with Gasteiger partial charge < -0.3 is 10.4 Å². The average molecular weight is 321 g/mol. The molecule has 2 rings (SSSR count). The van der Waals surface area contributed by atoms with Crippen LogP contribution in [0.2, 0.25) is 0 Å². The molecule has 1 aromatic carbocycles. The van der Waals surface area contributed by atoms with Gasteiger partial charge in [-0.3, -0.25) is 4.84 Å². The van der Waals surface area contributed by atoms with Crippen molar-refractivity contribution in [2.75, 3.05) is 6.61 Å². The molecule has 7 heteroatoms. The largest absolute Gasteiger partial charge is 0.394 e. The number of rotatable bonds is 6. The Kier molecular flexibility index (Phi) is 6.32. The van der Waals surface area contributed by atoms with Crippen molar-refractivity contribution in [3.63, 3.8) is 0 Å². The molecule has 0 bridgehead atoms. The number of hydroxylamine groups is 1. The average Bonchev–Trinajstić information content (AvgIpc) is 3.08. The number of nitrogens with zero attached hydrogens (tertiary/aromatic N) is 1. The minimum absolute atomic E-state index is 0.0278. The van der Waals surface area contributed by atoms with Gasteiger partial charge in [-0.05, 0) is 30.9 Å². The maximum Gasteiger partial charge on any atom is 0.338 e. The number of nitrogens with one attached hydrogen (secondary N) is 2. The summed E-state index contributed by atoms with van der Waals surface area (Å²) in [6.45, 7) is -0.185. The van der Waals surface area contributed by atoms with Crippen LogP contribution in [-0.2, 0) is 11.4 Å². The van der Waals surface area contributed by atoms with Crippen LogP contribution in [0.4, 0.5) is 9.18 Å². The highest BCUT2D eigenvalue weighted by atomic mass is 19.1. The number of aliphatic hydroxyl groups is 1. The quantitative estimate of drug-likeness (QED) is 0.698. The summed E-state index contributed by atoms with van der Waals surface area (Å²) in [5, 5.41) is 20.5. The summed E-state index contributed by atoms with van der Waals surface area (Å²) in [6, 6.07) is 5.29. The molecule has 2 amide bonds. The number of hydrogen-bond donors (Lipinski definition) is 3. The Bertz CT molecular complexity index is 582. The van der Waals surface area contributed by atoms with Crippen molar-refractivity contribution in [1.29, 1.82) is 5.26 Å². The summed E-state index contributed by atoms with van der Waals surface area (Å²) in [7, 11) is 0. The molecule has 23 heavy (non-hydrogen) atoms. The lowest BCUT2D eigenvalue weighted by atomic mass is 10.0. The maximum absolute atomic E-state index is 13.7. The second-order valence-corrected chi connectivity index (χ2v) is 5.59. The zero-order chi connectivity index (χ0) is 16.7. The van der Waals surface area contributed by atoms with Gasteiger partial charge in [0, 0.05) is 12.1 Å². The lowest BCUT2D eigenvalue weighted by Crippen LogP contribution is -2.40. The second kappa shape index (κ2) is 8.46. The Morgan fingerprint density at radius 2 is 2.22 bits per heavy atom. The van der Waals surface area contributed by atoms with Gasteiger partial charge >= 0.3 is 6.03 Å². The molecule has 1 aliphatic rings. The van der Waals surface area contributed by atoms with Gasteiger partial charge in [0.15, 0.2) is 0 Å². The monoisotopic (exact) mass is 321 g/mol. The fraction of sp³-hybridized carbons (Fsp3) is 0.500. The fourth-order valence-corrected chi connectivity index (χ4v) is 2.71. The van der Waals surface area contributed by atoms with E-state index in [2.05, 4.69) is 10.8 Å². The molecule has 0 heterocycles. The third kappa shape index (κ3) is 4.91. The molecule has 0 spiro atoms. The van der Waals surface area contributed by atoms with Crippen LogP contribution in [0.25, 0.3) is 0 Å². The molecule has 1 fully saturated rings. The molecule has 1 aliphatic carbocycles. The van der Waals surface area contributed by atoms with E-state index >= 15 is 0 Å². The maximum atomic E-state index is 13.7. The summed E-state index contributed by atoms with van der Waals surface area (Å²) >= 11 is 0. The Morgan fingerprint density at radius 3 is 2.83 bits per heavy atom. The van der Waals surface area contributed by atoms with Gasteiger partial charge in [0.25, 0.3) is 0 Å². The van der Waals surface area contributed by atoms with Gasteiger partial charge in [0.05, 0.1) is 18.2 Å². The number of urea groups is 1. The van der Waals surface area contributed by atoms with Gasteiger partial charge in [-0.2, -0.15) is 5.26 Å². The van der Waals surface area contributed by atoms with E-state index in [9.17, 15) is 14.3 Å². The van der Waals surface area contributed by atoms with Crippen molar-refractivity contribution in [3.8, 4) is 6.07 Å². The number of carbonyl (C=O) groups excluding carboxylic acids is 1. The highest BCUT2D eigenvalue weighted by Gasteiger charge is 2.26. The van der Waals surface area contributed by atoms with Crippen molar-refractivity contribution in [2.45, 2.75) is 38.3 Å². The molecule has 124 valence electrons. The molecule has 1 atom stereocenters. The number of halogens is 1. The zero-order valence-electron chi connectivity index (χ0n) is 12.7. The highest BCUT2D eigenvalue weighted by Crippen LogP contribution is 2.28. The Labute approximate surface area is 134 Å². The highest BCUT2D eigenvalue weighted by molar-refractivity contribution is 5.72. The normalized spacial score (nSPS) is 15.9. The first-order valence-corrected chi connectivity index (χ1v) is 7.63. The zero-order valence-corrected chi connectivity index (χ0v) is 12.7. The smallest absolute Gasteiger partial charge is 0.338 e. The van der Waals surface area contributed by atoms with E-state index in [1.807, 2.05) is 6.07 Å². The van der Waals surface area contributed by atoms with Crippen molar-refractivity contribution in [2.24, 2.45) is 5.92 Å². The van der Waals surface area contributed by atoms with Crippen molar-refractivity contribution in [1.82, 2.24) is 10.8 Å². The lowest BCUT2D eigenvalue weighted by Gasteiger charge is -2.21. The van der Waals surface area contributed by atoms with Crippen LogP contribution < -0.4 is 10.8 Å². The van der Waals surface area contributed by atoms with Gasteiger partial charge in [0.1, 0.15) is 11.9 Å². The first-order chi connectivity index (χ1) is 11.1. The summed E-state index contributed by atoms with van der Waals surface area (Å²) in [6.07, 6.45) is 3.74. The summed E-state index contributed by atoms with van der Waals surface area (Å²) in [5.74, 6) is -0.305. The molecule has 0 saturated heterocycles. The van der Waals surface area contributed by atoms with Gasteiger partial charge in [-0.25, -0.2) is 14.7 Å². The molecule has 1 unspecified atom stereocenters. The van der Waals surface area contributed by atoms with E-state index in [0.717, 1.165) is 31.7 Å². The molecule has 6 nitrogen and oxygen atoms in total. The third-order valence-electron chi connectivity index (χ3n) is 4.03. The van der Waals surface area contributed by atoms with Crippen molar-refractivity contribution in [3.05, 3.63) is 35.1 Å². The molecular formula is C16H20FN3O3. The molecule has 0 aliphatic heterocycles. The van der Waals surface area contributed by atoms with E-state index in [-0.39, 0.29) is 30.2 Å². The van der Waals surface area contributed by atoms with Gasteiger partial charge in [-0.1, -0.05) is 18.9 Å². The van der Waals surface area contributed by atoms with E-state index in [4.69, 9.17) is 10.1 Å². The topological polar surface area (TPSA) is 94.4 Å². The first kappa shape index (κ1) is 17.2. The van der Waals surface area contributed by atoms with E-state index in [1.54, 1.807) is 0 Å². The van der Waals surface area contributed by atoms with E-state index in [1.165, 1.54) is 12.1 Å². The Hall–Kier alpha value is -2.17. The Balaban J connectivity index is 1.77. The van der Waals surface area contributed by atoms with Crippen LogP contribution in [0.5, 0.6) is 0 Å². The van der Waals surface area contributed by atoms with E-state index < -0.39 is 18.0 Å². The fourth-order valence-electron chi connectivity index (χ4n) is 2.71. The lowest BCUT2D eigenvalue weighted by molar-refractivity contribution is -0.0612. The van der Waals surface area contributed by atoms with Gasteiger partial charge in [-0.15, -0.1) is 0 Å². The van der Waals surface area contributed by atoms with Crippen LogP contribution in [-0.4, -0.2) is 23.8 Å². The number of nitriles is 1. The first-order valence-electron chi connectivity index (χ1n) is 7.63.